The fourth-order valence-electron chi connectivity index (χ4n) is 5.69. The number of rotatable bonds is 10. The van der Waals surface area contributed by atoms with Crippen LogP contribution < -0.4 is 21.9 Å². The van der Waals surface area contributed by atoms with Crippen LogP contribution in [-0.2, 0) is 19.5 Å². The van der Waals surface area contributed by atoms with Crippen molar-refractivity contribution >= 4 is 5.69 Å². The minimum atomic E-state index is -0.745. The van der Waals surface area contributed by atoms with Crippen LogP contribution in [0.5, 0.6) is 0 Å². The highest BCUT2D eigenvalue weighted by Crippen LogP contribution is 2.20. The lowest BCUT2D eigenvalue weighted by Gasteiger charge is -2.37. The van der Waals surface area contributed by atoms with Crippen LogP contribution in [0.25, 0.3) is 0 Å². The Kier molecular flexibility index (Phi) is 9.29. The molecular formula is C33H37F2N5O2. The molecule has 1 aliphatic rings. The number of aromatic nitrogens is 2. The Morgan fingerprint density at radius 3 is 2.07 bits per heavy atom. The van der Waals surface area contributed by atoms with E-state index in [9.17, 15) is 18.4 Å². The molecule has 42 heavy (non-hydrogen) atoms. The summed E-state index contributed by atoms with van der Waals surface area (Å²) in [5.41, 5.74) is 7.98. The van der Waals surface area contributed by atoms with Gasteiger partial charge in [0.25, 0.3) is 5.56 Å². The molecule has 2 heterocycles. The zero-order valence-corrected chi connectivity index (χ0v) is 23.9. The highest BCUT2D eigenvalue weighted by atomic mass is 19.1. The molecule has 9 heteroatoms. The van der Waals surface area contributed by atoms with Crippen LogP contribution in [0.2, 0.25) is 0 Å². The average molecular weight is 574 g/mol. The molecule has 4 aromatic rings. The molecule has 1 fully saturated rings. The van der Waals surface area contributed by atoms with E-state index in [0.29, 0.717) is 24.5 Å². The molecular weight excluding hydrogens is 536 g/mol. The van der Waals surface area contributed by atoms with Crippen LogP contribution in [0.3, 0.4) is 0 Å². The highest BCUT2D eigenvalue weighted by Gasteiger charge is 2.26. The van der Waals surface area contributed by atoms with Crippen molar-refractivity contribution in [2.45, 2.75) is 38.9 Å². The summed E-state index contributed by atoms with van der Waals surface area (Å²) in [4.78, 5) is 32.0. The summed E-state index contributed by atoms with van der Waals surface area (Å²) in [7, 11) is 0. The van der Waals surface area contributed by atoms with Crippen LogP contribution in [0, 0.1) is 18.6 Å². The van der Waals surface area contributed by atoms with E-state index in [2.05, 4.69) is 29.2 Å². The molecule has 0 unspecified atom stereocenters. The Labute approximate surface area is 244 Å². The number of nitrogens with two attached hydrogens (primary N) is 1. The largest absolute Gasteiger partial charge is 0.363 e. The third-order valence-electron chi connectivity index (χ3n) is 8.11. The quantitative estimate of drug-likeness (QED) is 0.309. The summed E-state index contributed by atoms with van der Waals surface area (Å²) < 4.78 is 31.7. The number of benzene rings is 3. The SMILES string of the molecule is Cc1c(N2CCN(CCCc3ccccc3)CC2)c(=O)n(C[C@H](N)c2ccccc2)c(=O)n1Cc1c(F)cccc1F. The maximum absolute atomic E-state index is 14.7. The van der Waals surface area contributed by atoms with Gasteiger partial charge in [-0.25, -0.2) is 13.6 Å². The summed E-state index contributed by atoms with van der Waals surface area (Å²) in [5.74, 6) is -1.49. The summed E-state index contributed by atoms with van der Waals surface area (Å²) in [6, 6.07) is 22.6. The molecule has 0 amide bonds. The van der Waals surface area contributed by atoms with Gasteiger partial charge < -0.3 is 10.6 Å². The average Bonchev–Trinajstić information content (AvgIpc) is 3.00. The second kappa shape index (κ2) is 13.3. The Bertz CT molecular complexity index is 1590. The van der Waals surface area contributed by atoms with Gasteiger partial charge in [0, 0.05) is 43.5 Å². The van der Waals surface area contributed by atoms with Crippen molar-refractivity contribution in [2.24, 2.45) is 5.73 Å². The minimum absolute atomic E-state index is 0.0613. The lowest BCUT2D eigenvalue weighted by atomic mass is 10.1. The maximum atomic E-state index is 14.7. The number of nitrogens with zero attached hydrogens (tertiary/aromatic N) is 4. The van der Waals surface area contributed by atoms with Gasteiger partial charge in [0.05, 0.1) is 13.1 Å². The predicted molar refractivity (Wildman–Crippen MR) is 162 cm³/mol. The zero-order valence-electron chi connectivity index (χ0n) is 23.9. The van der Waals surface area contributed by atoms with Gasteiger partial charge in [-0.05, 0) is 49.6 Å². The number of hydrogen-bond acceptors (Lipinski definition) is 5. The third kappa shape index (κ3) is 6.53. The van der Waals surface area contributed by atoms with Gasteiger partial charge in [-0.3, -0.25) is 18.8 Å². The summed E-state index contributed by atoms with van der Waals surface area (Å²) in [6.07, 6.45) is 2.04. The predicted octanol–water partition coefficient (Wildman–Crippen LogP) is 4.10. The van der Waals surface area contributed by atoms with Crippen LogP contribution in [0.1, 0.15) is 34.8 Å². The van der Waals surface area contributed by atoms with E-state index in [-0.39, 0.29) is 18.7 Å². The lowest BCUT2D eigenvalue weighted by Crippen LogP contribution is -2.51. The second-order valence-electron chi connectivity index (χ2n) is 10.9. The molecule has 3 aromatic carbocycles. The molecule has 1 saturated heterocycles. The van der Waals surface area contributed by atoms with Gasteiger partial charge >= 0.3 is 5.69 Å². The van der Waals surface area contributed by atoms with E-state index in [4.69, 9.17) is 5.73 Å². The fourth-order valence-corrected chi connectivity index (χ4v) is 5.69. The van der Waals surface area contributed by atoms with Gasteiger partial charge in [0.15, 0.2) is 0 Å². The molecule has 220 valence electrons. The van der Waals surface area contributed by atoms with Crippen LogP contribution in [0.4, 0.5) is 14.5 Å². The molecule has 0 saturated carbocycles. The molecule has 1 atom stereocenters. The topological polar surface area (TPSA) is 76.5 Å². The first-order chi connectivity index (χ1) is 20.3. The number of aryl methyl sites for hydroxylation is 1. The second-order valence-corrected chi connectivity index (χ2v) is 10.9. The van der Waals surface area contributed by atoms with E-state index < -0.39 is 28.9 Å². The number of anilines is 1. The molecule has 5 rings (SSSR count). The van der Waals surface area contributed by atoms with E-state index >= 15 is 0 Å². The molecule has 1 aromatic heterocycles. The van der Waals surface area contributed by atoms with E-state index in [1.807, 2.05) is 41.3 Å². The zero-order chi connectivity index (χ0) is 29.6. The van der Waals surface area contributed by atoms with Gasteiger partial charge in [-0.15, -0.1) is 0 Å². The maximum Gasteiger partial charge on any atom is 0.331 e. The van der Waals surface area contributed by atoms with Gasteiger partial charge in [-0.1, -0.05) is 66.7 Å². The highest BCUT2D eigenvalue weighted by molar-refractivity contribution is 5.49. The van der Waals surface area contributed by atoms with Crippen molar-refractivity contribution in [3.63, 3.8) is 0 Å². The molecule has 7 nitrogen and oxygen atoms in total. The number of hydrogen-bond donors (Lipinski definition) is 1. The Morgan fingerprint density at radius 2 is 1.43 bits per heavy atom. The van der Waals surface area contributed by atoms with Crippen molar-refractivity contribution < 1.29 is 8.78 Å². The first-order valence-corrected chi connectivity index (χ1v) is 14.4. The number of halogens is 2. The normalized spacial score (nSPS) is 14.7. The van der Waals surface area contributed by atoms with Crippen molar-refractivity contribution in [1.82, 2.24) is 14.0 Å². The Balaban J connectivity index is 1.42. The molecule has 0 bridgehead atoms. The van der Waals surface area contributed by atoms with Gasteiger partial charge in [0.1, 0.15) is 17.3 Å². The molecule has 2 N–H and O–H groups in total. The number of piperazine rings is 1. The third-order valence-corrected chi connectivity index (χ3v) is 8.11. The van der Waals surface area contributed by atoms with Crippen LogP contribution in [-0.4, -0.2) is 46.8 Å². The van der Waals surface area contributed by atoms with Crippen molar-refractivity contribution in [1.29, 1.82) is 0 Å². The van der Waals surface area contributed by atoms with Crippen molar-refractivity contribution in [3.8, 4) is 0 Å². The van der Waals surface area contributed by atoms with Crippen molar-refractivity contribution in [2.75, 3.05) is 37.6 Å². The van der Waals surface area contributed by atoms with Crippen LogP contribution >= 0.6 is 0 Å². The van der Waals surface area contributed by atoms with E-state index in [0.717, 1.165) is 54.7 Å². The van der Waals surface area contributed by atoms with E-state index in [1.165, 1.54) is 16.2 Å². The minimum Gasteiger partial charge on any atom is -0.363 e. The van der Waals surface area contributed by atoms with E-state index in [1.54, 1.807) is 6.92 Å². The summed E-state index contributed by atoms with van der Waals surface area (Å²) in [6.45, 7) is 4.94. The first kappa shape index (κ1) is 29.4. The molecule has 0 spiro atoms. The molecule has 0 radical (unpaired) electrons. The van der Waals surface area contributed by atoms with Gasteiger partial charge in [0.2, 0.25) is 0 Å². The smallest absolute Gasteiger partial charge is 0.331 e. The van der Waals surface area contributed by atoms with Crippen molar-refractivity contribution in [3.05, 3.63) is 134 Å². The molecule has 1 aliphatic heterocycles. The Morgan fingerprint density at radius 1 is 0.810 bits per heavy atom. The summed E-state index contributed by atoms with van der Waals surface area (Å²) in [5, 5.41) is 0. The lowest BCUT2D eigenvalue weighted by molar-refractivity contribution is 0.254. The fraction of sp³-hybridized carbons (Fsp3) is 0.333. The van der Waals surface area contributed by atoms with Crippen LogP contribution in [0.15, 0.2) is 88.5 Å². The Hall–Kier alpha value is -4.08. The molecule has 0 aliphatic carbocycles. The van der Waals surface area contributed by atoms with Gasteiger partial charge in [-0.2, -0.15) is 0 Å². The summed E-state index contributed by atoms with van der Waals surface area (Å²) >= 11 is 0. The first-order valence-electron chi connectivity index (χ1n) is 14.4. The standard InChI is InChI=1S/C33H37F2N5O2/c1-24-31(38-20-18-37(19-21-38)17-9-12-25-10-4-2-5-11-25)32(41)40(23-30(36)26-13-6-3-7-14-26)33(42)39(24)22-27-28(34)15-8-16-29(27)35/h2-8,10-11,13-16,30H,9,12,17-23,36H2,1H3/t30-/m0/s1. The monoisotopic (exact) mass is 573 g/mol.